The zero-order chi connectivity index (χ0) is 16.2. The Bertz CT molecular complexity index is 678. The Morgan fingerprint density at radius 1 is 1.43 bits per heavy atom. The Morgan fingerprint density at radius 2 is 2.22 bits per heavy atom. The first-order valence-corrected chi connectivity index (χ1v) is 8.18. The number of nitrogens with one attached hydrogen (secondary N) is 1. The van der Waals surface area contributed by atoms with Gasteiger partial charge in [-0.2, -0.15) is 0 Å². The largest absolute Gasteiger partial charge is 0.439 e. The number of nitrogens with zero attached hydrogens (tertiary/aromatic N) is 2. The van der Waals surface area contributed by atoms with Crippen molar-refractivity contribution in [2.45, 2.75) is 32.4 Å². The van der Waals surface area contributed by atoms with E-state index in [9.17, 15) is 4.79 Å². The van der Waals surface area contributed by atoms with Gasteiger partial charge in [0.15, 0.2) is 5.76 Å². The number of carbonyl (C=O) groups is 1. The van der Waals surface area contributed by atoms with Gasteiger partial charge < -0.3 is 9.73 Å². The molecule has 0 spiro atoms. The number of amides is 1. The molecule has 5 nitrogen and oxygen atoms in total. The molecule has 0 unspecified atom stereocenters. The van der Waals surface area contributed by atoms with E-state index >= 15 is 0 Å². The van der Waals surface area contributed by atoms with Crippen molar-refractivity contribution in [3.8, 4) is 11.3 Å². The van der Waals surface area contributed by atoms with E-state index in [0.29, 0.717) is 17.5 Å². The van der Waals surface area contributed by atoms with Crippen LogP contribution in [0.1, 0.15) is 25.7 Å². The molecule has 1 saturated heterocycles. The number of benzene rings is 1. The molecule has 1 aliphatic rings. The van der Waals surface area contributed by atoms with Crippen molar-refractivity contribution in [1.29, 1.82) is 0 Å². The van der Waals surface area contributed by atoms with E-state index in [2.05, 4.69) is 15.2 Å². The molecule has 3 rings (SSSR count). The van der Waals surface area contributed by atoms with Crippen molar-refractivity contribution in [2.75, 3.05) is 13.1 Å². The smallest absolute Gasteiger partial charge is 0.217 e. The van der Waals surface area contributed by atoms with Gasteiger partial charge in [-0.05, 0) is 25.0 Å². The predicted molar refractivity (Wildman–Crippen MR) is 89.1 cm³/mol. The Hall–Kier alpha value is -1.85. The molecule has 23 heavy (non-hydrogen) atoms. The highest BCUT2D eigenvalue weighted by Gasteiger charge is 2.21. The Balaban J connectivity index is 1.57. The van der Waals surface area contributed by atoms with E-state index < -0.39 is 0 Å². The quantitative estimate of drug-likeness (QED) is 0.934. The van der Waals surface area contributed by atoms with Crippen molar-refractivity contribution in [2.24, 2.45) is 0 Å². The fourth-order valence-corrected chi connectivity index (χ4v) is 3.06. The average Bonchev–Trinajstić information content (AvgIpc) is 2.97. The van der Waals surface area contributed by atoms with Crippen LogP contribution in [0.25, 0.3) is 11.3 Å². The maximum atomic E-state index is 11.1. The lowest BCUT2D eigenvalue weighted by Crippen LogP contribution is -2.43. The van der Waals surface area contributed by atoms with Crippen LogP contribution in [0.5, 0.6) is 0 Å². The first kappa shape index (κ1) is 16.0. The molecule has 0 bridgehead atoms. The lowest BCUT2D eigenvalue weighted by Gasteiger charge is -2.31. The number of carbonyl (C=O) groups excluding carboxylic acids is 1. The lowest BCUT2D eigenvalue weighted by atomic mass is 10.1. The lowest BCUT2D eigenvalue weighted by molar-refractivity contribution is -0.120. The third-order valence-electron chi connectivity index (χ3n) is 4.02. The van der Waals surface area contributed by atoms with Crippen LogP contribution < -0.4 is 5.32 Å². The molecule has 0 aliphatic carbocycles. The Kier molecular flexibility index (Phi) is 4.98. The summed E-state index contributed by atoms with van der Waals surface area (Å²) in [4.78, 5) is 17.7. The van der Waals surface area contributed by atoms with Crippen LogP contribution in [-0.4, -0.2) is 34.9 Å². The summed E-state index contributed by atoms with van der Waals surface area (Å²) in [5.74, 6) is 1.48. The van der Waals surface area contributed by atoms with E-state index in [1.165, 1.54) is 0 Å². The van der Waals surface area contributed by atoms with Crippen molar-refractivity contribution in [3.05, 3.63) is 41.4 Å². The summed E-state index contributed by atoms with van der Waals surface area (Å²) in [7, 11) is 0. The SMILES string of the molecule is CC(=O)NC1CCN(Cc2ncc(-c3cccc(Cl)c3)o2)CC1. The van der Waals surface area contributed by atoms with Crippen molar-refractivity contribution in [3.63, 3.8) is 0 Å². The summed E-state index contributed by atoms with van der Waals surface area (Å²) >= 11 is 6.01. The van der Waals surface area contributed by atoms with E-state index in [4.69, 9.17) is 16.0 Å². The van der Waals surface area contributed by atoms with Crippen LogP contribution in [0, 0.1) is 0 Å². The summed E-state index contributed by atoms with van der Waals surface area (Å²) in [6.07, 6.45) is 3.66. The number of likely N-dealkylation sites (tertiary alicyclic amines) is 1. The first-order chi connectivity index (χ1) is 11.1. The summed E-state index contributed by atoms with van der Waals surface area (Å²) in [6.45, 7) is 4.11. The van der Waals surface area contributed by atoms with Gasteiger partial charge in [0, 0.05) is 36.6 Å². The standard InChI is InChI=1S/C17H20ClN3O2/c1-12(22)20-15-5-7-21(8-6-15)11-17-19-10-16(23-17)13-3-2-4-14(18)9-13/h2-4,9-10,15H,5-8,11H2,1H3,(H,20,22). The normalized spacial score (nSPS) is 16.4. The zero-order valence-electron chi connectivity index (χ0n) is 13.1. The fourth-order valence-electron chi connectivity index (χ4n) is 2.87. The number of hydrogen-bond acceptors (Lipinski definition) is 4. The Labute approximate surface area is 140 Å². The van der Waals surface area contributed by atoms with Crippen LogP contribution in [0.3, 0.4) is 0 Å². The molecule has 1 N–H and O–H groups in total. The summed E-state index contributed by atoms with van der Waals surface area (Å²) in [5, 5.41) is 3.66. The molecule has 1 amide bonds. The van der Waals surface area contributed by atoms with E-state index in [-0.39, 0.29) is 11.9 Å². The molecule has 1 aliphatic heterocycles. The Morgan fingerprint density at radius 3 is 2.91 bits per heavy atom. The number of aromatic nitrogens is 1. The van der Waals surface area contributed by atoms with Gasteiger partial charge in [0.1, 0.15) is 0 Å². The van der Waals surface area contributed by atoms with Crippen molar-refractivity contribution < 1.29 is 9.21 Å². The highest BCUT2D eigenvalue weighted by atomic mass is 35.5. The van der Waals surface area contributed by atoms with Gasteiger partial charge in [0.05, 0.1) is 12.7 Å². The monoisotopic (exact) mass is 333 g/mol. The summed E-state index contributed by atoms with van der Waals surface area (Å²) in [6, 6.07) is 7.84. The van der Waals surface area contributed by atoms with Crippen molar-refractivity contribution in [1.82, 2.24) is 15.2 Å². The van der Waals surface area contributed by atoms with Crippen LogP contribution in [0.2, 0.25) is 5.02 Å². The second-order valence-electron chi connectivity index (χ2n) is 5.88. The maximum absolute atomic E-state index is 11.1. The molecular formula is C17H20ClN3O2. The molecule has 6 heteroatoms. The minimum atomic E-state index is 0.0438. The van der Waals surface area contributed by atoms with Gasteiger partial charge in [-0.25, -0.2) is 4.98 Å². The van der Waals surface area contributed by atoms with Gasteiger partial charge in [0.25, 0.3) is 0 Å². The molecule has 0 atom stereocenters. The molecule has 1 aromatic heterocycles. The van der Waals surface area contributed by atoms with Crippen LogP contribution >= 0.6 is 11.6 Å². The third kappa shape index (κ3) is 4.33. The molecule has 2 heterocycles. The molecule has 122 valence electrons. The van der Waals surface area contributed by atoms with Gasteiger partial charge in [-0.1, -0.05) is 23.7 Å². The van der Waals surface area contributed by atoms with Gasteiger partial charge in [-0.15, -0.1) is 0 Å². The molecule has 0 radical (unpaired) electrons. The van der Waals surface area contributed by atoms with E-state index in [0.717, 1.165) is 37.3 Å². The predicted octanol–water partition coefficient (Wildman–Crippen LogP) is 3.10. The van der Waals surface area contributed by atoms with Crippen LogP contribution in [-0.2, 0) is 11.3 Å². The van der Waals surface area contributed by atoms with Gasteiger partial charge in [0.2, 0.25) is 11.8 Å². The minimum absolute atomic E-state index is 0.0438. The number of piperidine rings is 1. The van der Waals surface area contributed by atoms with E-state index in [1.807, 2.05) is 24.3 Å². The number of rotatable bonds is 4. The first-order valence-electron chi connectivity index (χ1n) is 7.80. The third-order valence-corrected chi connectivity index (χ3v) is 4.25. The van der Waals surface area contributed by atoms with Crippen molar-refractivity contribution >= 4 is 17.5 Å². The highest BCUT2D eigenvalue weighted by molar-refractivity contribution is 6.30. The van der Waals surface area contributed by atoms with E-state index in [1.54, 1.807) is 13.1 Å². The average molecular weight is 334 g/mol. The van der Waals surface area contributed by atoms with Crippen LogP contribution in [0.4, 0.5) is 0 Å². The summed E-state index contributed by atoms with van der Waals surface area (Å²) < 4.78 is 5.84. The molecule has 0 saturated carbocycles. The van der Waals surface area contributed by atoms with Crippen LogP contribution in [0.15, 0.2) is 34.9 Å². The number of hydrogen-bond donors (Lipinski definition) is 1. The second-order valence-corrected chi connectivity index (χ2v) is 6.32. The molecular weight excluding hydrogens is 314 g/mol. The highest BCUT2D eigenvalue weighted by Crippen LogP contribution is 2.24. The molecule has 1 fully saturated rings. The molecule has 1 aromatic carbocycles. The topological polar surface area (TPSA) is 58.4 Å². The second kappa shape index (κ2) is 7.15. The fraction of sp³-hybridized carbons (Fsp3) is 0.412. The van der Waals surface area contributed by atoms with Gasteiger partial charge >= 0.3 is 0 Å². The maximum Gasteiger partial charge on any atom is 0.217 e. The van der Waals surface area contributed by atoms with Gasteiger partial charge in [-0.3, -0.25) is 9.69 Å². The minimum Gasteiger partial charge on any atom is -0.439 e. The summed E-state index contributed by atoms with van der Waals surface area (Å²) in [5.41, 5.74) is 0.931. The molecule has 2 aromatic rings. The number of oxazole rings is 1. The number of halogens is 1. The zero-order valence-corrected chi connectivity index (χ0v) is 13.8.